The fourth-order valence-corrected chi connectivity index (χ4v) is 9.10. The maximum Gasteiger partial charge on any atom is 0.340 e. The van der Waals surface area contributed by atoms with E-state index in [-0.39, 0.29) is 35.7 Å². The Morgan fingerprint density at radius 2 is 1.08 bits per heavy atom. The van der Waals surface area contributed by atoms with Crippen molar-refractivity contribution in [1.82, 2.24) is 21.3 Å². The van der Waals surface area contributed by atoms with Gasteiger partial charge in [0.2, 0.25) is 23.6 Å². The van der Waals surface area contributed by atoms with Crippen LogP contribution < -0.4 is 36.6 Å². The molecule has 4 aliphatic heterocycles. The number of hydrogen-bond donors (Lipinski definition) is 6. The zero-order chi connectivity index (χ0) is 43.3. The normalized spacial score (nSPS) is 18.8. The lowest BCUT2D eigenvalue weighted by Crippen LogP contribution is -2.50. The maximum absolute atomic E-state index is 14.1. The molecule has 5 aromatic carbocycles. The lowest BCUT2D eigenvalue weighted by Gasteiger charge is -2.37. The number of carbonyl (C=O) groups excluding carboxylic acids is 5. The molecule has 0 unspecified atom stereocenters. The van der Waals surface area contributed by atoms with E-state index >= 15 is 0 Å². The van der Waals surface area contributed by atoms with Crippen molar-refractivity contribution < 1.29 is 33.4 Å². The van der Waals surface area contributed by atoms with E-state index in [0.717, 1.165) is 37.1 Å². The van der Waals surface area contributed by atoms with E-state index in [2.05, 4.69) is 31.9 Å². The van der Waals surface area contributed by atoms with Crippen molar-refractivity contribution in [2.24, 2.45) is 0 Å². The third-order valence-corrected chi connectivity index (χ3v) is 12.4. The van der Waals surface area contributed by atoms with E-state index in [9.17, 15) is 24.0 Å². The minimum Gasteiger partial charge on any atom is -0.456 e. The molecule has 9 rings (SSSR count). The average molecular weight is 847 g/mol. The molecule has 6 N–H and O–H groups in total. The van der Waals surface area contributed by atoms with E-state index in [0.29, 0.717) is 83.7 Å². The Morgan fingerprint density at radius 3 is 1.56 bits per heavy atom. The number of nitrogens with one attached hydrogen (secondary N) is 6. The molecule has 4 aliphatic rings. The number of fused-ring (bicyclic) bond motifs is 6. The predicted octanol–water partition coefficient (Wildman–Crippen LogP) is 5.87. The third kappa shape index (κ3) is 8.79. The first-order chi connectivity index (χ1) is 30.7. The summed E-state index contributed by atoms with van der Waals surface area (Å²) in [6.45, 7) is 1.50. The molecule has 0 saturated carbocycles. The second-order valence-electron chi connectivity index (χ2n) is 16.6. The maximum atomic E-state index is 14.1. The summed E-state index contributed by atoms with van der Waals surface area (Å²) < 4.78 is 13.0. The Morgan fingerprint density at radius 1 is 0.603 bits per heavy atom. The standard InChI is InChI=1S/C50H50N6O7/c57-45(39-17-9-27-51-39)55-41(25-19-31-11-3-1-4-12-31)47(59)53-33-21-23-37-43(29-33)62-44-30-34(22-24-38(44)50(37)36-16-8-7-15-35(36)49(61)63-50)54-48(60)42(26-20-32-13-5-2-6-14-32)56-46(58)40-18-10-28-52-40/h1-8,11-16,21-24,29-30,39-42,51-52H,9-10,17-20,25-28H2,(H,53,59)(H,54,60)(H,55,57)(H,56,58)/t39-,40-,41-,42-/m0/s1. The molecule has 0 radical (unpaired) electrons. The number of amides is 4. The molecule has 13 nitrogen and oxygen atoms in total. The Balaban J connectivity index is 0.999. The number of ether oxygens (including phenoxy) is 2. The van der Waals surface area contributed by atoms with Gasteiger partial charge in [-0.15, -0.1) is 0 Å². The third-order valence-electron chi connectivity index (χ3n) is 12.4. The Kier molecular flexibility index (Phi) is 12.0. The van der Waals surface area contributed by atoms with E-state index in [1.165, 1.54) is 0 Å². The van der Waals surface area contributed by atoms with E-state index in [1.54, 1.807) is 48.5 Å². The minimum atomic E-state index is -1.40. The summed E-state index contributed by atoms with van der Waals surface area (Å²) in [4.78, 5) is 68.2. The van der Waals surface area contributed by atoms with Gasteiger partial charge in [0.05, 0.1) is 17.6 Å². The summed E-state index contributed by atoms with van der Waals surface area (Å²) in [5.41, 5.74) is 3.65. The molecular formula is C50H50N6O7. The number of carbonyl (C=O) groups is 5. The molecular weight excluding hydrogens is 797 g/mol. The predicted molar refractivity (Wildman–Crippen MR) is 237 cm³/mol. The molecule has 2 saturated heterocycles. The van der Waals surface area contributed by atoms with Gasteiger partial charge < -0.3 is 41.4 Å². The number of benzene rings is 5. The van der Waals surface area contributed by atoms with Crippen LogP contribution in [0.1, 0.15) is 76.7 Å². The highest BCUT2D eigenvalue weighted by molar-refractivity contribution is 6.00. The van der Waals surface area contributed by atoms with Crippen LogP contribution in [0.15, 0.2) is 121 Å². The van der Waals surface area contributed by atoms with Crippen molar-refractivity contribution in [3.05, 3.63) is 155 Å². The molecule has 63 heavy (non-hydrogen) atoms. The Bertz CT molecular complexity index is 2380. The Labute approximate surface area is 365 Å². The van der Waals surface area contributed by atoms with Gasteiger partial charge in [-0.1, -0.05) is 78.9 Å². The summed E-state index contributed by atoms with van der Waals surface area (Å²) in [5, 5.41) is 18.4. The number of anilines is 2. The monoisotopic (exact) mass is 846 g/mol. The van der Waals surface area contributed by atoms with E-state index in [4.69, 9.17) is 9.47 Å². The highest BCUT2D eigenvalue weighted by atomic mass is 16.6. The van der Waals surface area contributed by atoms with Gasteiger partial charge in [-0.2, -0.15) is 0 Å². The number of esters is 1. The van der Waals surface area contributed by atoms with Gasteiger partial charge in [0, 0.05) is 40.2 Å². The molecule has 0 aromatic heterocycles. The minimum absolute atomic E-state index is 0.214. The summed E-state index contributed by atoms with van der Waals surface area (Å²) in [6, 6.07) is 34.8. The molecule has 2 fully saturated rings. The first-order valence-corrected chi connectivity index (χ1v) is 21.8. The lowest BCUT2D eigenvalue weighted by molar-refractivity contribution is -0.127. The fourth-order valence-electron chi connectivity index (χ4n) is 9.10. The summed E-state index contributed by atoms with van der Waals surface area (Å²) in [7, 11) is 0. The van der Waals surface area contributed by atoms with Gasteiger partial charge in [-0.25, -0.2) is 4.79 Å². The van der Waals surface area contributed by atoms with Gasteiger partial charge in [0.15, 0.2) is 5.60 Å². The summed E-state index contributed by atoms with van der Waals surface area (Å²) in [5.74, 6) is -1.05. The van der Waals surface area contributed by atoms with Gasteiger partial charge in [-0.3, -0.25) is 19.2 Å². The topological polar surface area (TPSA) is 176 Å². The smallest absolute Gasteiger partial charge is 0.340 e. The van der Waals surface area contributed by atoms with Crippen LogP contribution in [0.4, 0.5) is 11.4 Å². The first kappa shape index (κ1) is 41.5. The van der Waals surface area contributed by atoms with Crippen LogP contribution in [0.3, 0.4) is 0 Å². The Hall–Kier alpha value is -6.83. The van der Waals surface area contributed by atoms with Crippen molar-refractivity contribution in [2.75, 3.05) is 23.7 Å². The largest absolute Gasteiger partial charge is 0.456 e. The summed E-state index contributed by atoms with van der Waals surface area (Å²) in [6.07, 6.45) is 5.08. The van der Waals surface area contributed by atoms with Crippen molar-refractivity contribution >= 4 is 41.0 Å². The van der Waals surface area contributed by atoms with Gasteiger partial charge >= 0.3 is 5.97 Å². The van der Waals surface area contributed by atoms with Crippen LogP contribution in [-0.4, -0.2) is 66.9 Å². The van der Waals surface area contributed by atoms with Gasteiger partial charge in [0.1, 0.15) is 23.6 Å². The zero-order valence-corrected chi connectivity index (χ0v) is 34.8. The number of hydrogen-bond acceptors (Lipinski definition) is 9. The first-order valence-electron chi connectivity index (χ1n) is 21.8. The van der Waals surface area contributed by atoms with Crippen molar-refractivity contribution in [3.63, 3.8) is 0 Å². The molecule has 0 bridgehead atoms. The molecule has 0 aliphatic carbocycles. The molecule has 4 amide bonds. The molecule has 1 spiro atoms. The van der Waals surface area contributed by atoms with Crippen LogP contribution >= 0.6 is 0 Å². The van der Waals surface area contributed by atoms with Crippen molar-refractivity contribution in [3.8, 4) is 11.5 Å². The lowest BCUT2D eigenvalue weighted by atomic mass is 9.77. The van der Waals surface area contributed by atoms with Crippen molar-refractivity contribution in [1.29, 1.82) is 0 Å². The number of aryl methyl sites for hydroxylation is 2. The molecule has 322 valence electrons. The quantitative estimate of drug-likeness (QED) is 0.0747. The highest BCUT2D eigenvalue weighted by Gasteiger charge is 2.53. The van der Waals surface area contributed by atoms with E-state index < -0.39 is 23.7 Å². The summed E-state index contributed by atoms with van der Waals surface area (Å²) >= 11 is 0. The van der Waals surface area contributed by atoms with Crippen LogP contribution in [0.25, 0.3) is 0 Å². The van der Waals surface area contributed by atoms with Crippen LogP contribution in [0.2, 0.25) is 0 Å². The number of rotatable bonds is 14. The average Bonchev–Trinajstić information content (AvgIpc) is 4.10. The SMILES string of the molecule is O=C1OC2(c3ccc(NC(=O)[C@H](CCc4ccccc4)NC(=O)[C@@H]4CCCN4)cc3Oc3cc(NC(=O)[C@H](CCc4ccccc4)NC(=O)[C@@H]4CCCN4)ccc32)c2ccccc21. The molecule has 4 atom stereocenters. The molecule has 13 heteroatoms. The van der Waals surface area contributed by atoms with Crippen LogP contribution in [0.5, 0.6) is 11.5 Å². The fraction of sp³-hybridized carbons (Fsp3) is 0.300. The van der Waals surface area contributed by atoms with Gasteiger partial charge in [-0.05, 0) is 106 Å². The second-order valence-corrected chi connectivity index (χ2v) is 16.6. The van der Waals surface area contributed by atoms with Crippen LogP contribution in [-0.2, 0) is 42.4 Å². The van der Waals surface area contributed by atoms with E-state index in [1.807, 2.05) is 72.8 Å². The van der Waals surface area contributed by atoms with Crippen LogP contribution in [0, 0.1) is 0 Å². The van der Waals surface area contributed by atoms with Crippen molar-refractivity contribution in [2.45, 2.75) is 81.1 Å². The molecule has 4 heterocycles. The second kappa shape index (κ2) is 18.3. The zero-order valence-electron chi connectivity index (χ0n) is 34.8. The highest BCUT2D eigenvalue weighted by Crippen LogP contribution is 2.56. The molecule has 5 aromatic rings. The van der Waals surface area contributed by atoms with Gasteiger partial charge in [0.25, 0.3) is 0 Å².